The second-order valence-corrected chi connectivity index (χ2v) is 6.82. The highest BCUT2D eigenvalue weighted by Gasteiger charge is 2.23. The van der Waals surface area contributed by atoms with Crippen LogP contribution in [0.3, 0.4) is 0 Å². The first-order chi connectivity index (χ1) is 12.6. The van der Waals surface area contributed by atoms with Crippen LogP contribution >= 0.6 is 0 Å². The van der Waals surface area contributed by atoms with Gasteiger partial charge in [-0.2, -0.15) is 5.26 Å². The van der Waals surface area contributed by atoms with Crippen molar-refractivity contribution in [2.24, 2.45) is 5.92 Å². The minimum Gasteiger partial charge on any atom is -0.506 e. The van der Waals surface area contributed by atoms with Crippen LogP contribution in [0, 0.1) is 17.2 Å². The molecule has 6 nitrogen and oxygen atoms in total. The molecule has 0 spiro atoms. The van der Waals surface area contributed by atoms with Crippen LogP contribution in [0.1, 0.15) is 48.9 Å². The summed E-state index contributed by atoms with van der Waals surface area (Å²) in [5.41, 5.74) is -0.274. The zero-order chi connectivity index (χ0) is 18.5. The quantitative estimate of drug-likeness (QED) is 0.864. The van der Waals surface area contributed by atoms with Crippen molar-refractivity contribution in [1.29, 1.82) is 5.26 Å². The summed E-state index contributed by atoms with van der Waals surface area (Å²) in [5, 5.41) is 22.7. The number of nitrogens with zero attached hydrogens (tertiary/aromatic N) is 2. The van der Waals surface area contributed by atoms with Gasteiger partial charge in [-0.15, -0.1) is 0 Å². The number of para-hydroxylation sites is 1. The lowest BCUT2D eigenvalue weighted by Crippen LogP contribution is -2.36. The molecule has 2 aromatic rings. The van der Waals surface area contributed by atoms with Crippen molar-refractivity contribution in [3.63, 3.8) is 0 Å². The number of hydrogen-bond donors (Lipinski definition) is 2. The Morgan fingerprint density at radius 3 is 2.73 bits per heavy atom. The maximum absolute atomic E-state index is 12.8. The average molecular weight is 353 g/mol. The minimum atomic E-state index is -0.558. The van der Waals surface area contributed by atoms with Gasteiger partial charge in [0.05, 0.1) is 18.0 Å². The lowest BCUT2D eigenvalue weighted by molar-refractivity contribution is 0.0939. The summed E-state index contributed by atoms with van der Waals surface area (Å²) in [4.78, 5) is 25.5. The summed E-state index contributed by atoms with van der Waals surface area (Å²) in [6, 6.07) is 8.89. The van der Waals surface area contributed by atoms with Gasteiger partial charge in [0.1, 0.15) is 11.3 Å². The van der Waals surface area contributed by atoms with Crippen molar-refractivity contribution in [3.05, 3.63) is 40.2 Å². The van der Waals surface area contributed by atoms with Gasteiger partial charge in [-0.25, -0.2) is 0 Å². The largest absolute Gasteiger partial charge is 0.506 e. The first-order valence-corrected chi connectivity index (χ1v) is 9.13. The number of amides is 1. The Morgan fingerprint density at radius 1 is 1.27 bits per heavy atom. The van der Waals surface area contributed by atoms with E-state index >= 15 is 0 Å². The summed E-state index contributed by atoms with van der Waals surface area (Å²) < 4.78 is 1.40. The van der Waals surface area contributed by atoms with Crippen LogP contribution in [0.2, 0.25) is 0 Å². The molecule has 1 fully saturated rings. The van der Waals surface area contributed by atoms with Crippen molar-refractivity contribution in [2.75, 3.05) is 6.54 Å². The van der Waals surface area contributed by atoms with Gasteiger partial charge in [0.2, 0.25) is 0 Å². The van der Waals surface area contributed by atoms with Gasteiger partial charge >= 0.3 is 0 Å². The van der Waals surface area contributed by atoms with Gasteiger partial charge in [-0.05, 0) is 30.9 Å². The highest BCUT2D eigenvalue weighted by molar-refractivity contribution is 6.02. The molecule has 0 unspecified atom stereocenters. The Kier molecular flexibility index (Phi) is 5.57. The molecule has 0 radical (unpaired) electrons. The summed E-state index contributed by atoms with van der Waals surface area (Å²) in [5.74, 6) is -0.411. The van der Waals surface area contributed by atoms with Crippen LogP contribution in [0.5, 0.6) is 5.75 Å². The van der Waals surface area contributed by atoms with E-state index < -0.39 is 11.5 Å². The van der Waals surface area contributed by atoms with E-state index in [1.807, 2.05) is 6.07 Å². The first kappa shape index (κ1) is 18.0. The van der Waals surface area contributed by atoms with Crippen LogP contribution in [0.25, 0.3) is 10.9 Å². The van der Waals surface area contributed by atoms with Crippen molar-refractivity contribution in [1.82, 2.24) is 9.88 Å². The van der Waals surface area contributed by atoms with Crippen molar-refractivity contribution < 1.29 is 9.90 Å². The van der Waals surface area contributed by atoms with E-state index in [-0.39, 0.29) is 24.3 Å². The van der Waals surface area contributed by atoms with Crippen molar-refractivity contribution in [3.8, 4) is 11.8 Å². The fourth-order valence-electron chi connectivity index (χ4n) is 3.69. The first-order valence-electron chi connectivity index (χ1n) is 9.13. The molecule has 1 aliphatic carbocycles. The third-order valence-corrected chi connectivity index (χ3v) is 5.10. The molecule has 6 heteroatoms. The summed E-state index contributed by atoms with van der Waals surface area (Å²) in [6.07, 6.45) is 5.88. The molecule has 1 aliphatic rings. The molecule has 0 bridgehead atoms. The minimum absolute atomic E-state index is 0.151. The van der Waals surface area contributed by atoms with Crippen LogP contribution in [-0.2, 0) is 6.54 Å². The number of nitriles is 1. The molecule has 1 saturated carbocycles. The van der Waals surface area contributed by atoms with E-state index in [0.29, 0.717) is 23.4 Å². The number of benzene rings is 1. The van der Waals surface area contributed by atoms with E-state index in [0.717, 1.165) is 12.8 Å². The SMILES string of the molecule is N#CCCn1c(=O)c(C(=O)NCC2CCCCC2)c(O)c2ccccc21. The Balaban J connectivity index is 1.95. The number of rotatable bonds is 5. The smallest absolute Gasteiger partial charge is 0.267 e. The third kappa shape index (κ3) is 3.57. The monoisotopic (exact) mass is 353 g/mol. The maximum Gasteiger partial charge on any atom is 0.267 e. The summed E-state index contributed by atoms with van der Waals surface area (Å²) >= 11 is 0. The van der Waals surface area contributed by atoms with E-state index in [9.17, 15) is 14.7 Å². The lowest BCUT2D eigenvalue weighted by Gasteiger charge is -2.22. The normalized spacial score (nSPS) is 14.9. The molecule has 2 N–H and O–H groups in total. The molecule has 1 heterocycles. The van der Waals surface area contributed by atoms with Crippen molar-refractivity contribution in [2.45, 2.75) is 45.1 Å². The topological polar surface area (TPSA) is 95.1 Å². The van der Waals surface area contributed by atoms with Crippen molar-refractivity contribution >= 4 is 16.8 Å². The van der Waals surface area contributed by atoms with Crippen LogP contribution in [0.15, 0.2) is 29.1 Å². The van der Waals surface area contributed by atoms with Gasteiger partial charge in [-0.1, -0.05) is 31.4 Å². The second-order valence-electron chi connectivity index (χ2n) is 6.82. The van der Waals surface area contributed by atoms with E-state index in [4.69, 9.17) is 5.26 Å². The number of aromatic nitrogens is 1. The molecule has 0 aliphatic heterocycles. The number of nitrogens with one attached hydrogen (secondary N) is 1. The molecule has 3 rings (SSSR count). The molecule has 136 valence electrons. The Bertz CT molecular complexity index is 905. The van der Waals surface area contributed by atoms with E-state index in [1.165, 1.54) is 23.8 Å². The van der Waals surface area contributed by atoms with Gasteiger partial charge in [0, 0.05) is 18.5 Å². The number of carbonyl (C=O) groups excluding carboxylic acids is 1. The highest BCUT2D eigenvalue weighted by Crippen LogP contribution is 2.27. The Labute approximate surface area is 152 Å². The second kappa shape index (κ2) is 8.05. The molecular weight excluding hydrogens is 330 g/mol. The number of fused-ring (bicyclic) bond motifs is 1. The van der Waals surface area contributed by atoms with Gasteiger partial charge < -0.3 is 15.0 Å². The number of pyridine rings is 1. The predicted molar refractivity (Wildman–Crippen MR) is 99.0 cm³/mol. The number of aryl methyl sites for hydroxylation is 1. The molecule has 0 atom stereocenters. The Morgan fingerprint density at radius 2 is 2.00 bits per heavy atom. The van der Waals surface area contributed by atoms with Gasteiger partial charge in [0.25, 0.3) is 11.5 Å². The van der Waals surface area contributed by atoms with Crippen LogP contribution in [0.4, 0.5) is 0 Å². The molecular formula is C20H23N3O3. The molecule has 1 aromatic heterocycles. The predicted octanol–water partition coefficient (Wildman–Crippen LogP) is 2.93. The number of hydrogen-bond acceptors (Lipinski definition) is 4. The van der Waals surface area contributed by atoms with E-state index in [1.54, 1.807) is 24.3 Å². The highest BCUT2D eigenvalue weighted by atomic mass is 16.3. The zero-order valence-electron chi connectivity index (χ0n) is 14.7. The number of carbonyl (C=O) groups is 1. The van der Waals surface area contributed by atoms with Crippen LogP contribution < -0.4 is 10.9 Å². The fourth-order valence-corrected chi connectivity index (χ4v) is 3.69. The van der Waals surface area contributed by atoms with E-state index in [2.05, 4.69) is 5.32 Å². The summed E-state index contributed by atoms with van der Waals surface area (Å²) in [7, 11) is 0. The molecule has 1 amide bonds. The maximum atomic E-state index is 12.8. The van der Waals surface area contributed by atoms with Crippen LogP contribution in [-0.4, -0.2) is 22.1 Å². The average Bonchev–Trinajstić information content (AvgIpc) is 2.67. The fraction of sp³-hybridized carbons (Fsp3) is 0.450. The third-order valence-electron chi connectivity index (χ3n) is 5.10. The van der Waals surface area contributed by atoms with Gasteiger partial charge in [-0.3, -0.25) is 9.59 Å². The summed E-state index contributed by atoms with van der Waals surface area (Å²) in [6.45, 7) is 0.696. The number of aromatic hydroxyl groups is 1. The molecule has 1 aromatic carbocycles. The molecule has 0 saturated heterocycles. The lowest BCUT2D eigenvalue weighted by atomic mass is 9.89. The standard InChI is InChI=1S/C20H23N3O3/c21-11-6-12-23-16-10-5-4-9-15(16)18(24)17(20(23)26)19(25)22-13-14-7-2-1-3-8-14/h4-5,9-10,14,24H,1-3,6-8,12-13H2,(H,22,25). The molecule has 26 heavy (non-hydrogen) atoms. The van der Waals surface area contributed by atoms with Gasteiger partial charge in [0.15, 0.2) is 0 Å². The zero-order valence-corrected chi connectivity index (χ0v) is 14.7. The Hall–Kier alpha value is -2.81.